The van der Waals surface area contributed by atoms with E-state index in [9.17, 15) is 14.6 Å². The summed E-state index contributed by atoms with van der Waals surface area (Å²) < 4.78 is 39.6. The lowest BCUT2D eigenvalue weighted by Gasteiger charge is -2.64. The summed E-state index contributed by atoms with van der Waals surface area (Å²) in [4.78, 5) is 4.64. The van der Waals surface area contributed by atoms with Crippen molar-refractivity contribution in [3.63, 3.8) is 0 Å². The van der Waals surface area contributed by atoms with Crippen LogP contribution in [0.3, 0.4) is 0 Å². The van der Waals surface area contributed by atoms with Gasteiger partial charge in [-0.2, -0.15) is 0 Å². The first-order chi connectivity index (χ1) is 23.5. The Balaban J connectivity index is 0.979. The molecule has 5 saturated carbocycles. The minimum Gasteiger partial charge on any atom is -0.390 e. The number of morpholine rings is 1. The SMILES string of the molecule is CCO[C@@H](C1C[C@@H](C)[C@H]2C(O1)[C@H](O)[C@@]1(C)C3CC[C@H]4C(C)(C)[C@@H](O[C@H]5CN(CCN6CC(F)C6)CCO5)CC[C@@]45C[C@@]35CC[C@]21C)C(C)(C)O. The second-order valence-electron chi connectivity index (χ2n) is 20.2. The number of aliphatic hydroxyl groups is 2. The summed E-state index contributed by atoms with van der Waals surface area (Å²) in [5.74, 6) is 1.78. The van der Waals surface area contributed by atoms with E-state index in [0.717, 1.165) is 51.9 Å². The molecule has 8 aliphatic rings. The van der Waals surface area contributed by atoms with Gasteiger partial charge in [-0.25, -0.2) is 4.39 Å². The number of aliphatic hydroxyl groups excluding tert-OH is 1. The lowest BCUT2D eigenvalue weighted by Crippen LogP contribution is -2.60. The van der Waals surface area contributed by atoms with Crippen LogP contribution in [0.2, 0.25) is 0 Å². The van der Waals surface area contributed by atoms with E-state index in [2.05, 4.69) is 44.4 Å². The van der Waals surface area contributed by atoms with E-state index in [1.165, 1.54) is 25.7 Å². The van der Waals surface area contributed by atoms with Crippen molar-refractivity contribution in [1.29, 1.82) is 0 Å². The van der Waals surface area contributed by atoms with Crippen LogP contribution in [0.1, 0.15) is 107 Å². The second-order valence-corrected chi connectivity index (χ2v) is 20.2. The number of fused-ring (bicyclic) bond motifs is 4. The summed E-state index contributed by atoms with van der Waals surface area (Å²) in [5, 5.41) is 23.7. The molecule has 50 heavy (non-hydrogen) atoms. The third-order valence-corrected chi connectivity index (χ3v) is 17.2. The standard InChI is InChI=1S/C41H69FN2O6/c1-9-47-35(37(5,6)46)27-20-25(2)32-33(49-27)34(45)39(8)29-11-10-28-36(3,4)30(12-13-40(28)24-41(29,40)15-14-38(32,39)7)50-31-23-43(18-19-48-31)16-17-44-21-26(42)22-44/h25-35,45-46H,9-24H2,1-8H3/t25-,27?,28+,29?,30+,31+,32+,33?,34+,35+,38-,39-,40-,41+/m1/s1. The third kappa shape index (κ3) is 5.16. The predicted molar refractivity (Wildman–Crippen MR) is 190 cm³/mol. The van der Waals surface area contributed by atoms with E-state index in [1.807, 2.05) is 20.8 Å². The van der Waals surface area contributed by atoms with Gasteiger partial charge in [0, 0.05) is 51.3 Å². The zero-order valence-electron chi connectivity index (χ0n) is 32.5. The van der Waals surface area contributed by atoms with Gasteiger partial charge in [0.25, 0.3) is 0 Å². The van der Waals surface area contributed by atoms with E-state index in [0.29, 0.717) is 55.4 Å². The number of nitrogens with zero attached hydrogens (tertiary/aromatic N) is 2. The third-order valence-electron chi connectivity index (χ3n) is 17.2. The maximum Gasteiger partial charge on any atom is 0.170 e. The molecule has 9 heteroatoms. The Morgan fingerprint density at radius 3 is 2.36 bits per heavy atom. The summed E-state index contributed by atoms with van der Waals surface area (Å²) >= 11 is 0. The molecule has 3 saturated heterocycles. The Kier molecular flexibility index (Phi) is 9.01. The van der Waals surface area contributed by atoms with Gasteiger partial charge in [0.2, 0.25) is 0 Å². The molecule has 2 N–H and O–H groups in total. The minimum atomic E-state index is -1.02. The van der Waals surface area contributed by atoms with Crippen molar-refractivity contribution >= 4 is 0 Å². The van der Waals surface area contributed by atoms with Crippen molar-refractivity contribution in [3.8, 4) is 0 Å². The topological polar surface area (TPSA) is 83.9 Å². The number of alkyl halides is 1. The molecular weight excluding hydrogens is 635 g/mol. The summed E-state index contributed by atoms with van der Waals surface area (Å²) in [6.07, 6.45) is 7.13. The smallest absolute Gasteiger partial charge is 0.170 e. The Morgan fingerprint density at radius 1 is 0.960 bits per heavy atom. The van der Waals surface area contributed by atoms with Crippen LogP contribution in [0.15, 0.2) is 0 Å². The first kappa shape index (κ1) is 36.6. The van der Waals surface area contributed by atoms with Crippen molar-refractivity contribution < 1.29 is 33.6 Å². The van der Waals surface area contributed by atoms with Crippen LogP contribution in [-0.2, 0) is 18.9 Å². The molecule has 8 nitrogen and oxygen atoms in total. The number of hydrogen-bond acceptors (Lipinski definition) is 8. The fourth-order valence-electron chi connectivity index (χ4n) is 14.8. The van der Waals surface area contributed by atoms with Crippen molar-refractivity contribution in [1.82, 2.24) is 9.80 Å². The average molecular weight is 705 g/mol. The Labute approximate surface area is 301 Å². The first-order valence-corrected chi connectivity index (χ1v) is 20.5. The largest absolute Gasteiger partial charge is 0.390 e. The number of hydrogen-bond donors (Lipinski definition) is 2. The van der Waals surface area contributed by atoms with Crippen LogP contribution in [0.5, 0.6) is 0 Å². The van der Waals surface area contributed by atoms with E-state index >= 15 is 0 Å². The second kappa shape index (κ2) is 12.3. The van der Waals surface area contributed by atoms with Crippen LogP contribution >= 0.6 is 0 Å². The fourth-order valence-corrected chi connectivity index (χ4v) is 14.8. The average Bonchev–Trinajstić information content (AvgIpc) is 3.67. The summed E-state index contributed by atoms with van der Waals surface area (Å²) in [6.45, 7) is 23.9. The van der Waals surface area contributed by atoms with E-state index < -0.39 is 24.0 Å². The van der Waals surface area contributed by atoms with Crippen LogP contribution in [0.4, 0.5) is 4.39 Å². The van der Waals surface area contributed by atoms with E-state index in [1.54, 1.807) is 0 Å². The summed E-state index contributed by atoms with van der Waals surface area (Å²) in [7, 11) is 0. The molecular formula is C41H69FN2O6. The minimum absolute atomic E-state index is 0.00705. The van der Waals surface area contributed by atoms with Gasteiger partial charge in [-0.15, -0.1) is 0 Å². The molecule has 5 aliphatic carbocycles. The molecule has 3 heterocycles. The maximum atomic E-state index is 13.3. The number of rotatable bonds is 9. The van der Waals surface area contributed by atoms with Gasteiger partial charge >= 0.3 is 0 Å². The monoisotopic (exact) mass is 705 g/mol. The van der Waals surface area contributed by atoms with Crippen LogP contribution < -0.4 is 0 Å². The first-order valence-electron chi connectivity index (χ1n) is 20.5. The highest BCUT2D eigenvalue weighted by molar-refractivity contribution is 5.33. The van der Waals surface area contributed by atoms with Gasteiger partial charge in [0.1, 0.15) is 12.3 Å². The number of ether oxygens (including phenoxy) is 4. The quantitative estimate of drug-likeness (QED) is 0.318. The van der Waals surface area contributed by atoms with Crippen molar-refractivity contribution in [2.45, 2.75) is 155 Å². The van der Waals surface area contributed by atoms with Gasteiger partial charge < -0.3 is 29.2 Å². The molecule has 0 aromatic rings. The molecule has 0 aromatic carbocycles. The van der Waals surface area contributed by atoms with Crippen molar-refractivity contribution in [3.05, 3.63) is 0 Å². The molecule has 14 atom stereocenters. The predicted octanol–water partition coefficient (Wildman–Crippen LogP) is 5.67. The molecule has 0 amide bonds. The highest BCUT2D eigenvalue weighted by Gasteiger charge is 2.84. The highest BCUT2D eigenvalue weighted by atomic mass is 19.1. The molecule has 8 rings (SSSR count). The molecule has 8 fully saturated rings. The van der Waals surface area contributed by atoms with E-state index in [4.69, 9.17) is 18.9 Å². The zero-order chi connectivity index (χ0) is 35.6. The molecule has 0 bridgehead atoms. The van der Waals surface area contributed by atoms with Crippen LogP contribution in [0, 0.1) is 50.7 Å². The van der Waals surface area contributed by atoms with Crippen LogP contribution in [0.25, 0.3) is 0 Å². The zero-order valence-corrected chi connectivity index (χ0v) is 32.5. The number of halogens is 1. The Morgan fingerprint density at radius 2 is 1.66 bits per heavy atom. The normalized spacial score (nSPS) is 51.1. The molecule has 286 valence electrons. The Bertz CT molecular complexity index is 1270. The molecule has 3 aliphatic heterocycles. The molecule has 2 spiro atoms. The summed E-state index contributed by atoms with van der Waals surface area (Å²) in [6, 6.07) is 0. The lowest BCUT2D eigenvalue weighted by atomic mass is 9.41. The van der Waals surface area contributed by atoms with Crippen LogP contribution in [-0.4, -0.2) is 121 Å². The Hall–Kier alpha value is -0.390. The molecule has 3 unspecified atom stereocenters. The highest BCUT2D eigenvalue weighted by Crippen LogP contribution is 2.89. The molecule has 0 radical (unpaired) electrons. The van der Waals surface area contributed by atoms with Gasteiger partial charge in [0.05, 0.1) is 36.6 Å². The molecule has 0 aromatic heterocycles. The van der Waals surface area contributed by atoms with Crippen molar-refractivity contribution in [2.24, 2.45) is 50.7 Å². The van der Waals surface area contributed by atoms with Gasteiger partial charge in [-0.1, -0.05) is 34.6 Å². The maximum absolute atomic E-state index is 13.3. The fraction of sp³-hybridized carbons (Fsp3) is 1.00. The lowest BCUT2D eigenvalue weighted by molar-refractivity contribution is -0.249. The van der Waals surface area contributed by atoms with Crippen molar-refractivity contribution in [2.75, 3.05) is 52.5 Å². The van der Waals surface area contributed by atoms with E-state index in [-0.39, 0.29) is 46.3 Å². The van der Waals surface area contributed by atoms with Gasteiger partial charge in [0.15, 0.2) is 6.29 Å². The van der Waals surface area contributed by atoms with Gasteiger partial charge in [-0.05, 0) is 117 Å². The summed E-state index contributed by atoms with van der Waals surface area (Å²) in [5.41, 5.74) is -0.561. The van der Waals surface area contributed by atoms with Gasteiger partial charge in [-0.3, -0.25) is 9.80 Å². The number of likely N-dealkylation sites (tertiary alicyclic amines) is 1.